The van der Waals surface area contributed by atoms with Gasteiger partial charge in [0.2, 0.25) is 6.41 Å². The normalized spacial score (nSPS) is 11.9. The molecule has 16 heavy (non-hydrogen) atoms. The Balaban J connectivity index is 3.04. The monoisotopic (exact) mass is 229 g/mol. The molecule has 0 fully saturated rings. The lowest BCUT2D eigenvalue weighted by atomic mass is 10.0. The molecule has 1 aromatic rings. The molecule has 0 spiro atoms. The molecule has 0 aliphatic heterocycles. The van der Waals surface area contributed by atoms with Gasteiger partial charge in [-0.2, -0.15) is 0 Å². The highest BCUT2D eigenvalue weighted by Gasteiger charge is 2.20. The van der Waals surface area contributed by atoms with Crippen LogP contribution in [0.1, 0.15) is 18.0 Å². The summed E-state index contributed by atoms with van der Waals surface area (Å²) in [7, 11) is 0. The third kappa shape index (κ3) is 2.75. The Bertz CT molecular complexity index is 409. The molecule has 0 aliphatic rings. The van der Waals surface area contributed by atoms with Crippen LogP contribution in [-0.2, 0) is 9.59 Å². The lowest BCUT2D eigenvalue weighted by molar-refractivity contribution is -0.137. The smallest absolute Gasteiger partial charge is 0.305 e. The van der Waals surface area contributed by atoms with Crippen molar-refractivity contribution in [3.05, 3.63) is 35.4 Å². The summed E-state index contributed by atoms with van der Waals surface area (Å²) in [6, 6.07) is 2.31. The van der Waals surface area contributed by atoms with Crippen LogP contribution in [0.4, 0.5) is 8.78 Å². The number of rotatable bonds is 5. The lowest BCUT2D eigenvalue weighted by Crippen LogP contribution is -2.23. The van der Waals surface area contributed by atoms with Crippen LogP contribution in [0, 0.1) is 11.6 Å². The fourth-order valence-electron chi connectivity index (χ4n) is 1.31. The van der Waals surface area contributed by atoms with Crippen LogP contribution < -0.4 is 5.32 Å². The average Bonchev–Trinajstić information content (AvgIpc) is 2.21. The number of hydrogen-bond donors (Lipinski definition) is 2. The lowest BCUT2D eigenvalue weighted by Gasteiger charge is -2.15. The number of aliphatic carboxylic acids is 1. The summed E-state index contributed by atoms with van der Waals surface area (Å²) in [5, 5.41) is 10.7. The van der Waals surface area contributed by atoms with Gasteiger partial charge in [0.15, 0.2) is 11.6 Å². The van der Waals surface area contributed by atoms with Gasteiger partial charge in [-0.05, 0) is 6.07 Å². The largest absolute Gasteiger partial charge is 0.481 e. The van der Waals surface area contributed by atoms with Crippen LogP contribution in [0.3, 0.4) is 0 Å². The Morgan fingerprint density at radius 2 is 2.19 bits per heavy atom. The number of benzene rings is 1. The Morgan fingerprint density at radius 3 is 2.75 bits per heavy atom. The van der Waals surface area contributed by atoms with Crippen LogP contribution in [-0.4, -0.2) is 17.5 Å². The number of carbonyl (C=O) groups excluding carboxylic acids is 1. The summed E-state index contributed by atoms with van der Waals surface area (Å²) in [6.07, 6.45) is -0.267. The van der Waals surface area contributed by atoms with Gasteiger partial charge in [-0.15, -0.1) is 0 Å². The minimum absolute atomic E-state index is 0.186. The molecule has 1 atom stereocenters. The molecule has 0 saturated heterocycles. The van der Waals surface area contributed by atoms with Gasteiger partial charge in [-0.1, -0.05) is 12.1 Å². The summed E-state index contributed by atoms with van der Waals surface area (Å²) in [5.41, 5.74) is -0.186. The molecule has 0 radical (unpaired) electrons. The zero-order valence-electron chi connectivity index (χ0n) is 8.11. The molecule has 0 unspecified atom stereocenters. The van der Waals surface area contributed by atoms with Crippen molar-refractivity contribution < 1.29 is 23.5 Å². The van der Waals surface area contributed by atoms with Crippen LogP contribution in [0.2, 0.25) is 0 Å². The Kier molecular flexibility index (Phi) is 3.93. The number of nitrogens with one attached hydrogen (secondary N) is 1. The van der Waals surface area contributed by atoms with Crippen molar-refractivity contribution in [2.45, 2.75) is 12.5 Å². The first kappa shape index (κ1) is 12.1. The fourth-order valence-corrected chi connectivity index (χ4v) is 1.31. The molecule has 2 N–H and O–H groups in total. The van der Waals surface area contributed by atoms with Gasteiger partial charge in [0.25, 0.3) is 0 Å². The third-order valence-corrected chi connectivity index (χ3v) is 2.00. The van der Waals surface area contributed by atoms with E-state index in [-0.39, 0.29) is 12.0 Å². The van der Waals surface area contributed by atoms with E-state index in [1.165, 1.54) is 12.1 Å². The predicted octanol–water partition coefficient (Wildman–Crippen LogP) is 1.23. The molecular weight excluding hydrogens is 220 g/mol. The van der Waals surface area contributed by atoms with Crippen molar-refractivity contribution in [3.63, 3.8) is 0 Å². The van der Waals surface area contributed by atoms with E-state index in [0.717, 1.165) is 6.07 Å². The minimum Gasteiger partial charge on any atom is -0.481 e. The molecule has 1 aromatic carbocycles. The number of halogens is 2. The van der Waals surface area contributed by atoms with E-state index in [4.69, 9.17) is 5.11 Å². The first-order valence-electron chi connectivity index (χ1n) is 4.41. The standard InChI is InChI=1S/C10H9F2NO3/c11-7-3-1-2-6(10(7)12)8(13-5-14)4-9(15)16/h1-3,5,8H,4H2,(H,13,14)(H,15,16)/t8-/m1/s1. The van der Waals surface area contributed by atoms with Gasteiger partial charge in [0, 0.05) is 5.56 Å². The third-order valence-electron chi connectivity index (χ3n) is 2.00. The molecule has 0 aromatic heterocycles. The van der Waals surface area contributed by atoms with E-state index in [2.05, 4.69) is 5.32 Å². The second-order valence-electron chi connectivity index (χ2n) is 3.08. The molecule has 0 heterocycles. The summed E-state index contributed by atoms with van der Waals surface area (Å²) >= 11 is 0. The van der Waals surface area contributed by atoms with Gasteiger partial charge in [0.1, 0.15) is 0 Å². The van der Waals surface area contributed by atoms with E-state index >= 15 is 0 Å². The van der Waals surface area contributed by atoms with Crippen molar-refractivity contribution in [3.8, 4) is 0 Å². The number of carboxylic acids is 1. The zero-order chi connectivity index (χ0) is 12.1. The highest BCUT2D eigenvalue weighted by atomic mass is 19.2. The summed E-state index contributed by atoms with van der Waals surface area (Å²) in [4.78, 5) is 20.7. The molecule has 6 heteroatoms. The van der Waals surface area contributed by atoms with Gasteiger partial charge in [0.05, 0.1) is 12.5 Å². The zero-order valence-corrected chi connectivity index (χ0v) is 8.11. The number of hydrogen-bond acceptors (Lipinski definition) is 2. The molecule has 86 valence electrons. The number of carboxylic acid groups (broad SMARTS) is 1. The van der Waals surface area contributed by atoms with Crippen LogP contribution in [0.15, 0.2) is 18.2 Å². The first-order valence-corrected chi connectivity index (χ1v) is 4.41. The number of amides is 1. The maximum absolute atomic E-state index is 13.3. The maximum atomic E-state index is 13.3. The molecule has 0 aliphatic carbocycles. The van der Waals surface area contributed by atoms with Crippen molar-refractivity contribution in [2.24, 2.45) is 0 Å². The van der Waals surface area contributed by atoms with Gasteiger partial charge < -0.3 is 10.4 Å². The second-order valence-corrected chi connectivity index (χ2v) is 3.08. The quantitative estimate of drug-likeness (QED) is 0.746. The highest BCUT2D eigenvalue weighted by Crippen LogP contribution is 2.21. The molecule has 1 amide bonds. The molecule has 0 saturated carbocycles. The van der Waals surface area contributed by atoms with E-state index in [0.29, 0.717) is 0 Å². The predicted molar refractivity (Wildman–Crippen MR) is 50.6 cm³/mol. The van der Waals surface area contributed by atoms with Crippen molar-refractivity contribution >= 4 is 12.4 Å². The topological polar surface area (TPSA) is 66.4 Å². The van der Waals surface area contributed by atoms with E-state index in [9.17, 15) is 18.4 Å². The Labute approximate surface area is 89.9 Å². The molecule has 1 rings (SSSR count). The van der Waals surface area contributed by atoms with Crippen molar-refractivity contribution in [1.82, 2.24) is 5.32 Å². The Morgan fingerprint density at radius 1 is 1.50 bits per heavy atom. The number of carbonyl (C=O) groups is 2. The average molecular weight is 229 g/mol. The SMILES string of the molecule is O=CN[C@H](CC(=O)O)c1cccc(F)c1F. The maximum Gasteiger partial charge on any atom is 0.305 e. The van der Waals surface area contributed by atoms with Gasteiger partial charge in [-0.3, -0.25) is 9.59 Å². The van der Waals surface area contributed by atoms with E-state index in [1.54, 1.807) is 0 Å². The fraction of sp³-hybridized carbons (Fsp3) is 0.200. The molecular formula is C10H9F2NO3. The highest BCUT2D eigenvalue weighted by molar-refractivity contribution is 5.68. The first-order chi connectivity index (χ1) is 7.56. The van der Waals surface area contributed by atoms with Crippen LogP contribution in [0.5, 0.6) is 0 Å². The second kappa shape index (κ2) is 5.20. The minimum atomic E-state index is -1.22. The molecule has 4 nitrogen and oxygen atoms in total. The van der Waals surface area contributed by atoms with Crippen LogP contribution >= 0.6 is 0 Å². The van der Waals surface area contributed by atoms with Gasteiger partial charge >= 0.3 is 5.97 Å². The summed E-state index contributed by atoms with van der Waals surface area (Å²) in [6.45, 7) is 0. The Hall–Kier alpha value is -1.98. The van der Waals surface area contributed by atoms with Crippen LogP contribution in [0.25, 0.3) is 0 Å². The van der Waals surface area contributed by atoms with E-state index in [1.807, 2.05) is 0 Å². The van der Waals surface area contributed by atoms with Crippen molar-refractivity contribution in [2.75, 3.05) is 0 Å². The summed E-state index contributed by atoms with van der Waals surface area (Å²) < 4.78 is 26.2. The van der Waals surface area contributed by atoms with Gasteiger partial charge in [-0.25, -0.2) is 8.78 Å². The molecule has 0 bridgehead atoms. The summed E-state index contributed by atoms with van der Waals surface area (Å²) in [5.74, 6) is -3.45. The van der Waals surface area contributed by atoms with Crippen molar-refractivity contribution in [1.29, 1.82) is 0 Å². The van der Waals surface area contributed by atoms with E-state index < -0.39 is 30.1 Å².